The minimum Gasteiger partial charge on any atom is -0.385 e. The number of amides is 2. The van der Waals surface area contributed by atoms with Gasteiger partial charge in [-0.05, 0) is 94.7 Å². The van der Waals surface area contributed by atoms with Crippen molar-refractivity contribution >= 4 is 64.4 Å². The van der Waals surface area contributed by atoms with Crippen molar-refractivity contribution in [2.45, 2.75) is 43.8 Å². The van der Waals surface area contributed by atoms with E-state index in [4.69, 9.17) is 27.8 Å². The SMILES string of the molecule is Cc1[nH]c(/C=C2\C(=O)Nc3ccc(SCc4c(Cl)cccc4OCl)cc32)c(C)c1C(=O)NCCCN1CCCC1. The van der Waals surface area contributed by atoms with Crippen molar-refractivity contribution in [3.8, 4) is 5.75 Å². The van der Waals surface area contributed by atoms with Gasteiger partial charge in [0.15, 0.2) is 5.75 Å². The van der Waals surface area contributed by atoms with Gasteiger partial charge >= 0.3 is 0 Å². The summed E-state index contributed by atoms with van der Waals surface area (Å²) in [7, 11) is 0. The second-order valence-corrected chi connectivity index (χ2v) is 11.7. The number of rotatable bonds is 10. The van der Waals surface area contributed by atoms with E-state index in [-0.39, 0.29) is 11.8 Å². The largest absolute Gasteiger partial charge is 0.385 e. The molecule has 210 valence electrons. The van der Waals surface area contributed by atoms with Crippen LogP contribution in [0.4, 0.5) is 5.69 Å². The summed E-state index contributed by atoms with van der Waals surface area (Å²) >= 11 is 13.6. The molecular weight excluding hydrogens is 567 g/mol. The number of hydrogen-bond acceptors (Lipinski definition) is 5. The van der Waals surface area contributed by atoms with Gasteiger partial charge in [0.2, 0.25) is 0 Å². The summed E-state index contributed by atoms with van der Waals surface area (Å²) in [6.07, 6.45) is 5.29. The molecule has 7 nitrogen and oxygen atoms in total. The molecule has 3 heterocycles. The van der Waals surface area contributed by atoms with Gasteiger partial charge in [-0.1, -0.05) is 17.7 Å². The number of nitrogens with one attached hydrogen (secondary N) is 3. The van der Waals surface area contributed by atoms with E-state index in [1.54, 1.807) is 30.0 Å². The summed E-state index contributed by atoms with van der Waals surface area (Å²) in [6, 6.07) is 11.2. The lowest BCUT2D eigenvalue weighted by Gasteiger charge is -2.14. The number of carbonyl (C=O) groups is 2. The molecule has 1 saturated heterocycles. The minimum absolute atomic E-state index is 0.0906. The fourth-order valence-corrected chi connectivity index (χ4v) is 6.74. The average molecular weight is 600 g/mol. The highest BCUT2D eigenvalue weighted by molar-refractivity contribution is 7.98. The normalized spacial score (nSPS) is 15.9. The summed E-state index contributed by atoms with van der Waals surface area (Å²) in [4.78, 5) is 32.7. The highest BCUT2D eigenvalue weighted by Gasteiger charge is 2.26. The third kappa shape index (κ3) is 6.20. The highest BCUT2D eigenvalue weighted by atomic mass is 35.5. The van der Waals surface area contributed by atoms with Crippen molar-refractivity contribution in [2.75, 3.05) is 31.5 Å². The lowest BCUT2D eigenvalue weighted by molar-refractivity contribution is -0.110. The van der Waals surface area contributed by atoms with Crippen LogP contribution >= 0.6 is 35.2 Å². The van der Waals surface area contributed by atoms with Crippen LogP contribution in [0, 0.1) is 13.8 Å². The first-order valence-corrected chi connectivity index (χ1v) is 15.1. The highest BCUT2D eigenvalue weighted by Crippen LogP contribution is 2.39. The van der Waals surface area contributed by atoms with Gasteiger partial charge in [-0.25, -0.2) is 0 Å². The Bertz CT molecular complexity index is 1460. The number of carbonyl (C=O) groups excluding carboxylic acids is 2. The second kappa shape index (κ2) is 12.7. The molecule has 2 aliphatic rings. The quantitative estimate of drug-likeness (QED) is 0.135. The van der Waals surface area contributed by atoms with Crippen LogP contribution in [0.5, 0.6) is 5.75 Å². The van der Waals surface area contributed by atoms with Crippen molar-refractivity contribution < 1.29 is 13.9 Å². The van der Waals surface area contributed by atoms with E-state index in [1.807, 2.05) is 38.1 Å². The van der Waals surface area contributed by atoms with Crippen molar-refractivity contribution in [2.24, 2.45) is 0 Å². The Labute approximate surface area is 248 Å². The number of nitrogens with zero attached hydrogens (tertiary/aromatic N) is 1. The van der Waals surface area contributed by atoms with Crippen LogP contribution < -0.4 is 14.9 Å². The number of anilines is 1. The van der Waals surface area contributed by atoms with Gasteiger partial charge in [0.05, 0.1) is 11.1 Å². The maximum absolute atomic E-state index is 13.0. The topological polar surface area (TPSA) is 86.5 Å². The Balaban J connectivity index is 1.31. The van der Waals surface area contributed by atoms with Crippen LogP contribution in [-0.4, -0.2) is 47.9 Å². The van der Waals surface area contributed by atoms with Gasteiger partial charge in [-0.3, -0.25) is 9.59 Å². The number of aromatic amines is 1. The monoisotopic (exact) mass is 598 g/mol. The van der Waals surface area contributed by atoms with E-state index < -0.39 is 0 Å². The van der Waals surface area contributed by atoms with E-state index in [0.717, 1.165) is 64.7 Å². The summed E-state index contributed by atoms with van der Waals surface area (Å²) < 4.78 is 4.95. The molecule has 3 aromatic rings. The smallest absolute Gasteiger partial charge is 0.256 e. The summed E-state index contributed by atoms with van der Waals surface area (Å²) in [5.41, 5.74) is 5.88. The van der Waals surface area contributed by atoms with Crippen molar-refractivity contribution in [3.63, 3.8) is 0 Å². The number of hydrogen-bond donors (Lipinski definition) is 3. The van der Waals surface area contributed by atoms with E-state index >= 15 is 0 Å². The van der Waals surface area contributed by atoms with E-state index in [2.05, 4.69) is 20.5 Å². The molecule has 0 atom stereocenters. The van der Waals surface area contributed by atoms with E-state index in [9.17, 15) is 9.59 Å². The molecule has 10 heteroatoms. The molecule has 0 bridgehead atoms. The number of benzene rings is 2. The van der Waals surface area contributed by atoms with Crippen LogP contribution in [0.25, 0.3) is 11.6 Å². The van der Waals surface area contributed by atoms with E-state index in [0.29, 0.717) is 34.2 Å². The van der Waals surface area contributed by atoms with Crippen LogP contribution in [0.3, 0.4) is 0 Å². The number of H-pyrrole nitrogens is 1. The molecule has 2 aliphatic heterocycles. The van der Waals surface area contributed by atoms with Gasteiger partial charge in [0, 0.05) is 50.4 Å². The molecule has 5 rings (SSSR count). The zero-order valence-corrected chi connectivity index (χ0v) is 24.9. The number of aryl methyl sites for hydroxylation is 1. The zero-order valence-electron chi connectivity index (χ0n) is 22.5. The fraction of sp³-hybridized carbons (Fsp3) is 0.333. The molecule has 3 N–H and O–H groups in total. The first kappa shape index (κ1) is 28.6. The van der Waals surface area contributed by atoms with Crippen LogP contribution in [-0.2, 0) is 10.5 Å². The van der Waals surface area contributed by atoms with Gasteiger partial charge < -0.3 is 24.8 Å². The maximum Gasteiger partial charge on any atom is 0.256 e. The van der Waals surface area contributed by atoms with Crippen LogP contribution in [0.1, 0.15) is 57.7 Å². The lowest BCUT2D eigenvalue weighted by atomic mass is 10.0. The van der Waals surface area contributed by atoms with E-state index in [1.165, 1.54) is 12.8 Å². The van der Waals surface area contributed by atoms with Gasteiger partial charge in [0.25, 0.3) is 11.8 Å². The third-order valence-corrected chi connectivity index (χ3v) is 8.98. The second-order valence-electron chi connectivity index (χ2n) is 10.1. The summed E-state index contributed by atoms with van der Waals surface area (Å²) in [6.45, 7) is 7.76. The molecule has 40 heavy (non-hydrogen) atoms. The molecule has 0 radical (unpaired) electrons. The number of likely N-dealkylation sites (tertiary alicyclic amines) is 1. The van der Waals surface area contributed by atoms with Crippen molar-refractivity contribution in [3.05, 3.63) is 75.1 Å². The fourth-order valence-electron chi connectivity index (χ4n) is 5.31. The molecule has 2 aromatic carbocycles. The summed E-state index contributed by atoms with van der Waals surface area (Å²) in [5, 5.41) is 6.59. The molecule has 0 unspecified atom stereocenters. The molecule has 2 amide bonds. The third-order valence-electron chi connectivity index (χ3n) is 7.44. The molecule has 0 saturated carbocycles. The van der Waals surface area contributed by atoms with Crippen LogP contribution in [0.2, 0.25) is 5.02 Å². The maximum atomic E-state index is 13.0. The van der Waals surface area contributed by atoms with Gasteiger partial charge in [-0.2, -0.15) is 0 Å². The Kier molecular flexibility index (Phi) is 9.10. The molecule has 0 spiro atoms. The zero-order chi connectivity index (χ0) is 28.2. The lowest BCUT2D eigenvalue weighted by Crippen LogP contribution is -2.29. The number of aromatic nitrogens is 1. The summed E-state index contributed by atoms with van der Waals surface area (Å²) in [5.74, 6) is 0.795. The van der Waals surface area contributed by atoms with Crippen molar-refractivity contribution in [1.82, 2.24) is 15.2 Å². The molecule has 0 aliphatic carbocycles. The van der Waals surface area contributed by atoms with Gasteiger partial charge in [-0.15, -0.1) is 11.8 Å². The Morgan fingerprint density at radius 1 is 1.20 bits per heavy atom. The van der Waals surface area contributed by atoms with Crippen LogP contribution in [0.15, 0.2) is 41.3 Å². The number of fused-ring (bicyclic) bond motifs is 1. The predicted molar refractivity (Wildman–Crippen MR) is 163 cm³/mol. The Morgan fingerprint density at radius 2 is 2.00 bits per heavy atom. The average Bonchev–Trinajstić information content (AvgIpc) is 3.64. The number of halogens is 2. The molecule has 1 aromatic heterocycles. The molecule has 1 fully saturated rings. The van der Waals surface area contributed by atoms with Gasteiger partial charge in [0.1, 0.15) is 11.9 Å². The Morgan fingerprint density at radius 3 is 2.77 bits per heavy atom. The first-order chi connectivity index (χ1) is 19.4. The standard InChI is InChI=1S/C30H32Cl2N4O3S/c1-18-26(34-19(2)28(18)30(38)33-11-6-14-36-12-3-4-13-36)16-22-21-15-20(9-10-25(21)35-29(22)37)40-17-23-24(31)7-5-8-27(23)39-32/h5,7-10,15-16,34H,3-4,6,11-14,17H2,1-2H3,(H,33,38)(H,35,37)/b22-16-. The molecular formula is C30H32Cl2N4O3S. The Hall–Kier alpha value is -2.91. The first-order valence-electron chi connectivity index (χ1n) is 13.4. The number of thioether (sulfide) groups is 1. The minimum atomic E-state index is -0.180. The van der Waals surface area contributed by atoms with Crippen molar-refractivity contribution in [1.29, 1.82) is 0 Å². The predicted octanol–water partition coefficient (Wildman–Crippen LogP) is 6.82.